The van der Waals surface area contributed by atoms with Crippen LogP contribution in [0.2, 0.25) is 0 Å². The normalized spacial score (nSPS) is 9.50. The zero-order valence-electron chi connectivity index (χ0n) is 8.31. The van der Waals surface area contributed by atoms with Gasteiger partial charge in [-0.2, -0.15) is 5.26 Å². The number of nitrogens with one attached hydrogen (secondary N) is 1. The van der Waals surface area contributed by atoms with Crippen LogP contribution in [0.3, 0.4) is 0 Å². The van der Waals surface area contributed by atoms with Crippen molar-refractivity contribution in [3.63, 3.8) is 0 Å². The molecule has 1 aromatic carbocycles. The molecule has 2 rings (SSSR count). The highest BCUT2D eigenvalue weighted by Crippen LogP contribution is 2.17. The van der Waals surface area contributed by atoms with E-state index in [9.17, 15) is 0 Å². The maximum Gasteiger partial charge on any atom is 0.140 e. The van der Waals surface area contributed by atoms with Crippen molar-refractivity contribution in [3.05, 3.63) is 51.9 Å². The predicted octanol–water partition coefficient (Wildman–Crippen LogP) is 3.30. The van der Waals surface area contributed by atoms with E-state index in [-0.39, 0.29) is 0 Å². The summed E-state index contributed by atoms with van der Waals surface area (Å²) in [5.41, 5.74) is 2.31. The number of nitrogens with zero attached hydrogens (tertiary/aromatic N) is 2. The summed E-state index contributed by atoms with van der Waals surface area (Å²) in [6, 6.07) is 13.6. The second-order valence-corrected chi connectivity index (χ2v) is 4.42. The van der Waals surface area contributed by atoms with Crippen molar-refractivity contribution >= 4 is 34.0 Å². The summed E-state index contributed by atoms with van der Waals surface area (Å²) in [4.78, 5) is 3.99. The molecule has 16 heavy (non-hydrogen) atoms. The van der Waals surface area contributed by atoms with Gasteiger partial charge in [-0.25, -0.2) is 4.98 Å². The number of rotatable bonds is 2. The molecule has 1 heterocycles. The van der Waals surface area contributed by atoms with Gasteiger partial charge in [0.15, 0.2) is 0 Å². The minimum absolute atomic E-state index is 0.424. The van der Waals surface area contributed by atoms with Gasteiger partial charge in [0.25, 0.3) is 0 Å². The zero-order valence-corrected chi connectivity index (χ0v) is 10.5. The average Bonchev–Trinajstić information content (AvgIpc) is 2.30. The van der Waals surface area contributed by atoms with Crippen LogP contribution in [-0.2, 0) is 0 Å². The van der Waals surface area contributed by atoms with E-state index in [0.29, 0.717) is 5.69 Å². The van der Waals surface area contributed by atoms with Gasteiger partial charge in [-0.1, -0.05) is 6.07 Å². The van der Waals surface area contributed by atoms with E-state index in [1.165, 1.54) is 3.57 Å². The van der Waals surface area contributed by atoms with E-state index < -0.39 is 0 Å². The zero-order chi connectivity index (χ0) is 11.4. The molecule has 0 radical (unpaired) electrons. The van der Waals surface area contributed by atoms with E-state index in [4.69, 9.17) is 5.26 Å². The van der Waals surface area contributed by atoms with Gasteiger partial charge in [-0.3, -0.25) is 0 Å². The minimum Gasteiger partial charge on any atom is -0.354 e. The summed E-state index contributed by atoms with van der Waals surface area (Å²) in [5, 5.41) is 11.8. The Bertz CT molecular complexity index is 529. The van der Waals surface area contributed by atoms with Gasteiger partial charge in [-0.05, 0) is 52.9 Å². The number of hydrogen-bond acceptors (Lipinski definition) is 3. The van der Waals surface area contributed by atoms with Crippen LogP contribution < -0.4 is 5.32 Å². The number of benzene rings is 1. The highest BCUT2D eigenvalue weighted by Gasteiger charge is 1.96. The summed E-state index contributed by atoms with van der Waals surface area (Å²) < 4.78 is 1.17. The minimum atomic E-state index is 0.424. The Morgan fingerprint density at radius 2 is 2.06 bits per heavy atom. The third-order valence-corrected chi connectivity index (χ3v) is 2.66. The van der Waals surface area contributed by atoms with Crippen LogP contribution in [0.5, 0.6) is 0 Å². The fourth-order valence-corrected chi connectivity index (χ4v) is 1.81. The largest absolute Gasteiger partial charge is 0.354 e. The van der Waals surface area contributed by atoms with Gasteiger partial charge in [0, 0.05) is 9.26 Å². The molecule has 4 heteroatoms. The van der Waals surface area contributed by atoms with Crippen molar-refractivity contribution in [3.8, 4) is 6.07 Å². The molecule has 78 valence electrons. The number of hydrogen-bond donors (Lipinski definition) is 1. The lowest BCUT2D eigenvalue weighted by atomic mass is 10.3. The number of halogens is 1. The maximum absolute atomic E-state index is 8.62. The molecular formula is C12H8IN3. The Labute approximate surface area is 107 Å². The van der Waals surface area contributed by atoms with Crippen LogP contribution in [0, 0.1) is 14.9 Å². The second-order valence-electron chi connectivity index (χ2n) is 3.18. The number of aromatic nitrogens is 1. The van der Waals surface area contributed by atoms with Gasteiger partial charge in [0.1, 0.15) is 11.8 Å². The summed E-state index contributed by atoms with van der Waals surface area (Å²) in [5.74, 6) is 0. The summed E-state index contributed by atoms with van der Waals surface area (Å²) in [6.45, 7) is 0. The van der Waals surface area contributed by atoms with Gasteiger partial charge in [0.2, 0.25) is 0 Å². The Balaban J connectivity index is 2.18. The first-order valence-electron chi connectivity index (χ1n) is 4.67. The molecule has 1 aromatic heterocycles. The molecule has 0 fully saturated rings. The van der Waals surface area contributed by atoms with Crippen LogP contribution >= 0.6 is 22.6 Å². The highest BCUT2D eigenvalue weighted by atomic mass is 127. The molecule has 0 saturated heterocycles. The van der Waals surface area contributed by atoms with E-state index in [0.717, 1.165) is 11.4 Å². The van der Waals surface area contributed by atoms with E-state index in [1.807, 2.05) is 36.4 Å². The lowest BCUT2D eigenvalue weighted by Gasteiger charge is -2.05. The Morgan fingerprint density at radius 1 is 1.19 bits per heavy atom. The van der Waals surface area contributed by atoms with Crippen LogP contribution in [0.1, 0.15) is 5.69 Å². The topological polar surface area (TPSA) is 48.7 Å². The molecule has 0 spiro atoms. The highest BCUT2D eigenvalue weighted by molar-refractivity contribution is 14.1. The van der Waals surface area contributed by atoms with Crippen molar-refractivity contribution in [1.29, 1.82) is 5.26 Å². The van der Waals surface area contributed by atoms with Crippen LogP contribution in [0.15, 0.2) is 42.6 Å². The SMILES string of the molecule is N#Cc1ccc(Nc2cccc(I)c2)cn1. The second kappa shape index (κ2) is 4.94. The third kappa shape index (κ3) is 2.70. The van der Waals surface area contributed by atoms with Crippen molar-refractivity contribution in [1.82, 2.24) is 4.98 Å². The van der Waals surface area contributed by atoms with Crippen LogP contribution in [0.4, 0.5) is 11.4 Å². The fourth-order valence-electron chi connectivity index (χ4n) is 1.27. The molecule has 0 bridgehead atoms. The molecule has 0 aliphatic heterocycles. The maximum atomic E-state index is 8.62. The smallest absolute Gasteiger partial charge is 0.140 e. The molecule has 0 saturated carbocycles. The Hall–Kier alpha value is -1.61. The third-order valence-electron chi connectivity index (χ3n) is 1.99. The van der Waals surface area contributed by atoms with Crippen LogP contribution in [-0.4, -0.2) is 4.98 Å². The number of anilines is 2. The molecular weight excluding hydrogens is 313 g/mol. The van der Waals surface area contributed by atoms with Crippen molar-refractivity contribution in [2.24, 2.45) is 0 Å². The Morgan fingerprint density at radius 3 is 2.69 bits per heavy atom. The van der Waals surface area contributed by atoms with Gasteiger partial charge >= 0.3 is 0 Å². The summed E-state index contributed by atoms with van der Waals surface area (Å²) in [6.07, 6.45) is 1.65. The molecule has 3 nitrogen and oxygen atoms in total. The predicted molar refractivity (Wildman–Crippen MR) is 71.4 cm³/mol. The number of nitriles is 1. The fraction of sp³-hybridized carbons (Fsp3) is 0. The number of pyridine rings is 1. The monoisotopic (exact) mass is 321 g/mol. The van der Waals surface area contributed by atoms with Crippen molar-refractivity contribution in [2.75, 3.05) is 5.32 Å². The first-order valence-corrected chi connectivity index (χ1v) is 5.74. The van der Waals surface area contributed by atoms with Crippen LogP contribution in [0.25, 0.3) is 0 Å². The summed E-state index contributed by atoms with van der Waals surface area (Å²) >= 11 is 2.26. The van der Waals surface area contributed by atoms with E-state index in [2.05, 4.69) is 32.9 Å². The van der Waals surface area contributed by atoms with Gasteiger partial charge < -0.3 is 5.32 Å². The molecule has 0 atom stereocenters. The molecule has 0 aliphatic rings. The van der Waals surface area contributed by atoms with Gasteiger partial charge in [0.05, 0.1) is 11.9 Å². The standard InChI is InChI=1S/C12H8IN3/c13-9-2-1-3-10(6-9)16-12-5-4-11(7-14)15-8-12/h1-6,8,16H. The molecule has 2 aromatic rings. The Kier molecular flexibility index (Phi) is 3.37. The lowest BCUT2D eigenvalue weighted by Crippen LogP contribution is -1.92. The summed E-state index contributed by atoms with van der Waals surface area (Å²) in [7, 11) is 0. The average molecular weight is 321 g/mol. The van der Waals surface area contributed by atoms with Crippen molar-refractivity contribution < 1.29 is 0 Å². The first kappa shape index (κ1) is 10.9. The van der Waals surface area contributed by atoms with E-state index in [1.54, 1.807) is 12.3 Å². The molecule has 0 aliphatic carbocycles. The quantitative estimate of drug-likeness (QED) is 0.864. The van der Waals surface area contributed by atoms with Crippen molar-refractivity contribution in [2.45, 2.75) is 0 Å². The molecule has 1 N–H and O–H groups in total. The molecule has 0 unspecified atom stereocenters. The van der Waals surface area contributed by atoms with Gasteiger partial charge in [-0.15, -0.1) is 0 Å². The lowest BCUT2D eigenvalue weighted by molar-refractivity contribution is 1.26. The molecule has 0 amide bonds. The van der Waals surface area contributed by atoms with E-state index >= 15 is 0 Å². The first-order chi connectivity index (χ1) is 7.78.